The van der Waals surface area contributed by atoms with Crippen LogP contribution in [0.3, 0.4) is 0 Å². The molecule has 0 unspecified atom stereocenters. The number of fused-ring (bicyclic) bond motifs is 1. The molecule has 0 bridgehead atoms. The molecule has 0 atom stereocenters. The molecule has 162 valence electrons. The number of nitrogens with one attached hydrogen (secondary N) is 1. The standard InChI is InChI=1S/C22H24N4O3S2/c1-26-19(14-9-5-3-6-10-14)24-25-22(26)30-13-17(27)23-20-18(21(28)29-2)15-11-7-4-8-12-16(15)31-20/h3,5-6,9-10H,4,7-8,11-13H2,1-2H3,(H,23,27). The Bertz CT molecular complexity index is 1090. The minimum Gasteiger partial charge on any atom is -0.465 e. The van der Waals surface area contributed by atoms with Crippen molar-refractivity contribution in [2.45, 2.75) is 37.3 Å². The van der Waals surface area contributed by atoms with Crippen LogP contribution in [-0.2, 0) is 29.4 Å². The van der Waals surface area contributed by atoms with Gasteiger partial charge in [-0.2, -0.15) is 0 Å². The third kappa shape index (κ3) is 4.67. The zero-order valence-electron chi connectivity index (χ0n) is 17.5. The van der Waals surface area contributed by atoms with Crippen molar-refractivity contribution in [3.63, 3.8) is 0 Å². The Hall–Kier alpha value is -2.65. The normalized spacial score (nSPS) is 13.4. The van der Waals surface area contributed by atoms with E-state index in [9.17, 15) is 9.59 Å². The SMILES string of the molecule is COC(=O)c1c(NC(=O)CSc2nnc(-c3ccccc3)n2C)sc2c1CCCCC2. The number of thioether (sulfide) groups is 1. The van der Waals surface area contributed by atoms with Gasteiger partial charge in [0.25, 0.3) is 0 Å². The van der Waals surface area contributed by atoms with Crippen molar-refractivity contribution in [2.75, 3.05) is 18.2 Å². The molecular weight excluding hydrogens is 432 g/mol. The van der Waals surface area contributed by atoms with Crippen LogP contribution in [0.25, 0.3) is 11.4 Å². The molecule has 0 fully saturated rings. The molecule has 3 aromatic rings. The van der Waals surface area contributed by atoms with Gasteiger partial charge in [-0.1, -0.05) is 48.5 Å². The molecule has 2 aromatic heterocycles. The van der Waals surface area contributed by atoms with Crippen LogP contribution in [0.15, 0.2) is 35.5 Å². The van der Waals surface area contributed by atoms with E-state index in [1.165, 1.54) is 35.1 Å². The van der Waals surface area contributed by atoms with Crippen molar-refractivity contribution in [2.24, 2.45) is 7.05 Å². The van der Waals surface area contributed by atoms with E-state index >= 15 is 0 Å². The number of benzene rings is 1. The number of amides is 1. The van der Waals surface area contributed by atoms with Gasteiger partial charge in [-0.05, 0) is 31.2 Å². The summed E-state index contributed by atoms with van der Waals surface area (Å²) in [4.78, 5) is 26.3. The van der Waals surface area contributed by atoms with E-state index in [0.717, 1.165) is 49.1 Å². The second-order valence-electron chi connectivity index (χ2n) is 7.33. The molecule has 2 heterocycles. The van der Waals surface area contributed by atoms with E-state index < -0.39 is 0 Å². The first-order chi connectivity index (χ1) is 15.1. The van der Waals surface area contributed by atoms with Crippen molar-refractivity contribution >= 4 is 40.0 Å². The van der Waals surface area contributed by atoms with Gasteiger partial charge in [0.2, 0.25) is 5.91 Å². The topological polar surface area (TPSA) is 86.1 Å². The number of thiophene rings is 1. The summed E-state index contributed by atoms with van der Waals surface area (Å²) in [5.41, 5.74) is 2.53. The van der Waals surface area contributed by atoms with Crippen molar-refractivity contribution in [3.8, 4) is 11.4 Å². The van der Waals surface area contributed by atoms with Crippen LogP contribution in [0.5, 0.6) is 0 Å². The maximum absolute atomic E-state index is 12.7. The van der Waals surface area contributed by atoms with Crippen LogP contribution in [0.2, 0.25) is 0 Å². The van der Waals surface area contributed by atoms with Crippen LogP contribution in [-0.4, -0.2) is 39.5 Å². The highest BCUT2D eigenvalue weighted by Gasteiger charge is 2.26. The van der Waals surface area contributed by atoms with E-state index in [0.29, 0.717) is 15.7 Å². The molecule has 9 heteroatoms. The fourth-order valence-corrected chi connectivity index (χ4v) is 5.73. The van der Waals surface area contributed by atoms with Crippen LogP contribution in [0.1, 0.15) is 40.1 Å². The fourth-order valence-electron chi connectivity index (χ4n) is 3.72. The maximum atomic E-state index is 12.7. The van der Waals surface area contributed by atoms with Gasteiger partial charge in [-0.25, -0.2) is 4.79 Å². The van der Waals surface area contributed by atoms with Crippen molar-refractivity contribution in [1.29, 1.82) is 0 Å². The van der Waals surface area contributed by atoms with Gasteiger partial charge < -0.3 is 14.6 Å². The zero-order chi connectivity index (χ0) is 21.8. The number of rotatable bonds is 6. The van der Waals surface area contributed by atoms with E-state index in [2.05, 4.69) is 15.5 Å². The zero-order valence-corrected chi connectivity index (χ0v) is 19.1. The highest BCUT2D eigenvalue weighted by molar-refractivity contribution is 7.99. The van der Waals surface area contributed by atoms with Gasteiger partial charge in [0.05, 0.1) is 18.4 Å². The summed E-state index contributed by atoms with van der Waals surface area (Å²) in [5, 5.41) is 12.6. The van der Waals surface area contributed by atoms with Gasteiger partial charge in [0, 0.05) is 17.5 Å². The molecule has 0 radical (unpaired) electrons. The third-order valence-electron chi connectivity index (χ3n) is 5.26. The minimum absolute atomic E-state index is 0.171. The number of anilines is 1. The quantitative estimate of drug-likeness (QED) is 0.338. The average Bonchev–Trinajstić information content (AvgIpc) is 3.23. The Kier molecular flexibility index (Phi) is 6.72. The van der Waals surface area contributed by atoms with E-state index in [-0.39, 0.29) is 17.6 Å². The summed E-state index contributed by atoms with van der Waals surface area (Å²) in [6, 6.07) is 9.80. The molecule has 1 amide bonds. The lowest BCUT2D eigenvalue weighted by Crippen LogP contribution is -2.16. The molecule has 4 rings (SSSR count). The first-order valence-electron chi connectivity index (χ1n) is 10.2. The van der Waals surface area contributed by atoms with Crippen LogP contribution in [0, 0.1) is 0 Å². The number of aryl methyl sites for hydroxylation is 1. The van der Waals surface area contributed by atoms with E-state index in [4.69, 9.17) is 4.74 Å². The molecular formula is C22H24N4O3S2. The molecule has 1 N–H and O–H groups in total. The number of methoxy groups -OCH3 is 1. The molecule has 7 nitrogen and oxygen atoms in total. The number of carbonyl (C=O) groups excluding carboxylic acids is 2. The third-order valence-corrected chi connectivity index (χ3v) is 7.49. The van der Waals surface area contributed by atoms with Crippen LogP contribution < -0.4 is 5.32 Å². The molecule has 31 heavy (non-hydrogen) atoms. The van der Waals surface area contributed by atoms with Gasteiger partial charge >= 0.3 is 5.97 Å². The highest BCUT2D eigenvalue weighted by Crippen LogP contribution is 2.38. The van der Waals surface area contributed by atoms with E-state index in [1.807, 2.05) is 41.9 Å². The second kappa shape index (κ2) is 9.65. The van der Waals surface area contributed by atoms with Gasteiger partial charge in [0.1, 0.15) is 5.00 Å². The highest BCUT2D eigenvalue weighted by atomic mass is 32.2. The lowest BCUT2D eigenvalue weighted by atomic mass is 10.1. The Balaban J connectivity index is 1.46. The first-order valence-corrected chi connectivity index (χ1v) is 12.0. The second-order valence-corrected chi connectivity index (χ2v) is 9.38. The average molecular weight is 457 g/mol. The number of hydrogen-bond donors (Lipinski definition) is 1. The van der Waals surface area contributed by atoms with Crippen molar-refractivity contribution in [3.05, 3.63) is 46.3 Å². The Morgan fingerprint density at radius 2 is 1.94 bits per heavy atom. The molecule has 0 saturated heterocycles. The van der Waals surface area contributed by atoms with Crippen LogP contribution in [0.4, 0.5) is 5.00 Å². The molecule has 1 aromatic carbocycles. The van der Waals surface area contributed by atoms with Gasteiger partial charge in [0.15, 0.2) is 11.0 Å². The summed E-state index contributed by atoms with van der Waals surface area (Å²) in [5.74, 6) is 0.349. The lowest BCUT2D eigenvalue weighted by molar-refractivity contribution is -0.113. The van der Waals surface area contributed by atoms with Gasteiger partial charge in [-0.15, -0.1) is 21.5 Å². The fraction of sp³-hybridized carbons (Fsp3) is 0.364. The van der Waals surface area contributed by atoms with Crippen molar-refractivity contribution < 1.29 is 14.3 Å². The minimum atomic E-state index is -0.386. The Labute approximate surface area is 189 Å². The first kappa shape index (κ1) is 21.6. The lowest BCUT2D eigenvalue weighted by Gasteiger charge is -2.07. The number of aromatic nitrogens is 3. The number of esters is 1. The smallest absolute Gasteiger partial charge is 0.341 e. The Morgan fingerprint density at radius 3 is 2.71 bits per heavy atom. The monoisotopic (exact) mass is 456 g/mol. The predicted molar refractivity (Wildman–Crippen MR) is 123 cm³/mol. The molecule has 0 saturated carbocycles. The summed E-state index contributed by atoms with van der Waals surface area (Å²) in [6.45, 7) is 0. The summed E-state index contributed by atoms with van der Waals surface area (Å²) < 4.78 is 6.88. The molecule has 0 aliphatic heterocycles. The number of nitrogens with zero attached hydrogens (tertiary/aromatic N) is 3. The summed E-state index contributed by atoms with van der Waals surface area (Å²) in [7, 11) is 3.26. The predicted octanol–water partition coefficient (Wildman–Crippen LogP) is 4.33. The molecule has 0 spiro atoms. The van der Waals surface area contributed by atoms with Gasteiger partial charge in [-0.3, -0.25) is 4.79 Å². The number of carbonyl (C=O) groups is 2. The summed E-state index contributed by atoms with van der Waals surface area (Å²) >= 11 is 2.81. The number of ether oxygens (including phenoxy) is 1. The van der Waals surface area contributed by atoms with E-state index in [1.54, 1.807) is 0 Å². The molecule has 1 aliphatic carbocycles. The largest absolute Gasteiger partial charge is 0.465 e. The molecule has 1 aliphatic rings. The number of hydrogen-bond acceptors (Lipinski definition) is 7. The Morgan fingerprint density at radius 1 is 1.16 bits per heavy atom. The summed E-state index contributed by atoms with van der Waals surface area (Å²) in [6.07, 6.45) is 5.10. The maximum Gasteiger partial charge on any atom is 0.341 e. The van der Waals surface area contributed by atoms with Crippen LogP contribution >= 0.6 is 23.1 Å². The van der Waals surface area contributed by atoms with Crippen molar-refractivity contribution in [1.82, 2.24) is 14.8 Å².